The molecule has 0 aromatic carbocycles. The van der Waals surface area contributed by atoms with Gasteiger partial charge < -0.3 is 9.73 Å². The first kappa shape index (κ1) is 12.9. The van der Waals surface area contributed by atoms with Crippen LogP contribution in [0.3, 0.4) is 0 Å². The summed E-state index contributed by atoms with van der Waals surface area (Å²) in [7, 11) is 0. The molecular weight excluding hydrogens is 256 g/mol. The molecule has 4 heteroatoms. The standard InChI is InChI=1S/C15H20N2OS/c1-2-8-17(7-1)14(15-6-4-10-19-15)12-16-11-13-5-3-9-18-13/h3-6,9-10,14,16H,1-2,7-8,11-12H2. The van der Waals surface area contributed by atoms with Crippen molar-refractivity contribution in [2.24, 2.45) is 0 Å². The Balaban J connectivity index is 1.59. The maximum Gasteiger partial charge on any atom is 0.117 e. The van der Waals surface area contributed by atoms with Gasteiger partial charge in [0.2, 0.25) is 0 Å². The van der Waals surface area contributed by atoms with Crippen molar-refractivity contribution in [2.75, 3.05) is 19.6 Å². The molecule has 1 saturated heterocycles. The minimum Gasteiger partial charge on any atom is -0.468 e. The maximum absolute atomic E-state index is 5.36. The summed E-state index contributed by atoms with van der Waals surface area (Å²) < 4.78 is 5.36. The second-order valence-electron chi connectivity index (χ2n) is 4.98. The lowest BCUT2D eigenvalue weighted by atomic mass is 10.2. The number of likely N-dealkylation sites (tertiary alicyclic amines) is 1. The van der Waals surface area contributed by atoms with E-state index in [9.17, 15) is 0 Å². The van der Waals surface area contributed by atoms with Crippen molar-refractivity contribution >= 4 is 11.3 Å². The molecule has 0 amide bonds. The van der Waals surface area contributed by atoms with Gasteiger partial charge in [-0.3, -0.25) is 4.90 Å². The van der Waals surface area contributed by atoms with Gasteiger partial charge in [-0.1, -0.05) is 6.07 Å². The summed E-state index contributed by atoms with van der Waals surface area (Å²) in [6, 6.07) is 8.87. The first-order chi connectivity index (χ1) is 9.43. The van der Waals surface area contributed by atoms with E-state index in [2.05, 4.69) is 27.7 Å². The van der Waals surface area contributed by atoms with E-state index >= 15 is 0 Å². The van der Waals surface area contributed by atoms with E-state index in [1.165, 1.54) is 30.8 Å². The van der Waals surface area contributed by atoms with Gasteiger partial charge in [-0.15, -0.1) is 11.3 Å². The third kappa shape index (κ3) is 3.26. The summed E-state index contributed by atoms with van der Waals surface area (Å²) in [5.74, 6) is 1.01. The second-order valence-corrected chi connectivity index (χ2v) is 5.96. The molecular formula is C15H20N2OS. The highest BCUT2D eigenvalue weighted by atomic mass is 32.1. The molecule has 3 nitrogen and oxygen atoms in total. The molecule has 0 bridgehead atoms. The topological polar surface area (TPSA) is 28.4 Å². The highest BCUT2D eigenvalue weighted by Crippen LogP contribution is 2.27. The molecule has 1 atom stereocenters. The fraction of sp³-hybridized carbons (Fsp3) is 0.467. The molecule has 3 rings (SSSR count). The summed E-state index contributed by atoms with van der Waals surface area (Å²) in [5.41, 5.74) is 0. The van der Waals surface area contributed by atoms with Gasteiger partial charge >= 0.3 is 0 Å². The Morgan fingerprint density at radius 2 is 2.16 bits per heavy atom. The minimum absolute atomic E-state index is 0.512. The smallest absolute Gasteiger partial charge is 0.117 e. The van der Waals surface area contributed by atoms with Gasteiger partial charge in [-0.25, -0.2) is 0 Å². The molecule has 2 aromatic rings. The third-order valence-electron chi connectivity index (χ3n) is 3.67. The van der Waals surface area contributed by atoms with Crippen molar-refractivity contribution in [3.63, 3.8) is 0 Å². The molecule has 1 aliphatic rings. The van der Waals surface area contributed by atoms with Gasteiger partial charge in [0.15, 0.2) is 0 Å². The Morgan fingerprint density at radius 3 is 2.84 bits per heavy atom. The predicted octanol–water partition coefficient (Wildman–Crippen LogP) is 3.27. The van der Waals surface area contributed by atoms with Crippen LogP contribution in [0.15, 0.2) is 40.3 Å². The normalized spacial score (nSPS) is 17.9. The van der Waals surface area contributed by atoms with Crippen LogP contribution in [0.2, 0.25) is 0 Å². The molecule has 1 N–H and O–H groups in total. The number of hydrogen-bond acceptors (Lipinski definition) is 4. The first-order valence-electron chi connectivity index (χ1n) is 6.94. The Labute approximate surface area is 118 Å². The number of nitrogens with one attached hydrogen (secondary N) is 1. The molecule has 102 valence electrons. The number of nitrogens with zero attached hydrogens (tertiary/aromatic N) is 1. The molecule has 3 heterocycles. The molecule has 0 aliphatic carbocycles. The fourth-order valence-electron chi connectivity index (χ4n) is 2.69. The van der Waals surface area contributed by atoms with Crippen LogP contribution < -0.4 is 5.32 Å². The Hall–Kier alpha value is -1.10. The Bertz CT molecular complexity index is 460. The van der Waals surface area contributed by atoms with Crippen LogP contribution in [0.1, 0.15) is 29.5 Å². The summed E-state index contributed by atoms with van der Waals surface area (Å²) in [6.45, 7) is 4.25. The molecule has 0 saturated carbocycles. The van der Waals surface area contributed by atoms with Gasteiger partial charge in [0.05, 0.1) is 18.8 Å². The zero-order chi connectivity index (χ0) is 12.9. The first-order valence-corrected chi connectivity index (χ1v) is 7.82. The van der Waals surface area contributed by atoms with Crippen molar-refractivity contribution in [3.05, 3.63) is 46.5 Å². The molecule has 1 aliphatic heterocycles. The Kier molecular flexibility index (Phi) is 4.33. The fourth-order valence-corrected chi connectivity index (χ4v) is 3.55. The molecule has 19 heavy (non-hydrogen) atoms. The zero-order valence-electron chi connectivity index (χ0n) is 11.0. The van der Waals surface area contributed by atoms with E-state index in [-0.39, 0.29) is 0 Å². The quantitative estimate of drug-likeness (QED) is 0.878. The van der Waals surface area contributed by atoms with E-state index in [1.54, 1.807) is 6.26 Å². The number of furan rings is 1. The molecule has 0 radical (unpaired) electrons. The SMILES string of the molecule is c1coc(CNCC(c2cccs2)N2CCCC2)c1. The average molecular weight is 276 g/mol. The number of rotatable bonds is 6. The zero-order valence-corrected chi connectivity index (χ0v) is 11.9. The van der Waals surface area contributed by atoms with Gasteiger partial charge in [0.1, 0.15) is 5.76 Å². The third-order valence-corrected chi connectivity index (χ3v) is 4.64. The predicted molar refractivity (Wildman–Crippen MR) is 78.3 cm³/mol. The second kappa shape index (κ2) is 6.37. The monoisotopic (exact) mass is 276 g/mol. The van der Waals surface area contributed by atoms with Crippen molar-refractivity contribution in [3.8, 4) is 0 Å². The number of hydrogen-bond donors (Lipinski definition) is 1. The molecule has 0 spiro atoms. The van der Waals surface area contributed by atoms with E-state index in [1.807, 2.05) is 23.5 Å². The van der Waals surface area contributed by atoms with E-state index in [0.29, 0.717) is 6.04 Å². The number of thiophene rings is 1. The van der Waals surface area contributed by atoms with Crippen LogP contribution in [-0.4, -0.2) is 24.5 Å². The average Bonchev–Trinajstić information content (AvgIpc) is 3.15. The van der Waals surface area contributed by atoms with Crippen LogP contribution in [0.5, 0.6) is 0 Å². The summed E-state index contributed by atoms with van der Waals surface area (Å²) in [5, 5.41) is 5.70. The van der Waals surface area contributed by atoms with E-state index in [0.717, 1.165) is 18.8 Å². The van der Waals surface area contributed by atoms with Crippen molar-refractivity contribution in [1.82, 2.24) is 10.2 Å². The lowest BCUT2D eigenvalue weighted by Gasteiger charge is -2.26. The highest BCUT2D eigenvalue weighted by Gasteiger charge is 2.23. The van der Waals surface area contributed by atoms with Crippen LogP contribution in [0, 0.1) is 0 Å². The lowest BCUT2D eigenvalue weighted by molar-refractivity contribution is 0.240. The largest absolute Gasteiger partial charge is 0.468 e. The van der Waals surface area contributed by atoms with Crippen LogP contribution in [0.4, 0.5) is 0 Å². The Morgan fingerprint density at radius 1 is 1.26 bits per heavy atom. The summed E-state index contributed by atoms with van der Waals surface area (Å²) in [4.78, 5) is 4.06. The van der Waals surface area contributed by atoms with Crippen molar-refractivity contribution in [1.29, 1.82) is 0 Å². The van der Waals surface area contributed by atoms with Gasteiger partial charge in [-0.2, -0.15) is 0 Å². The van der Waals surface area contributed by atoms with Gasteiger partial charge in [0, 0.05) is 11.4 Å². The molecule has 1 unspecified atom stereocenters. The van der Waals surface area contributed by atoms with Gasteiger partial charge in [-0.05, 0) is 49.5 Å². The molecule has 1 fully saturated rings. The van der Waals surface area contributed by atoms with Crippen LogP contribution in [-0.2, 0) is 6.54 Å². The van der Waals surface area contributed by atoms with Crippen molar-refractivity contribution in [2.45, 2.75) is 25.4 Å². The van der Waals surface area contributed by atoms with E-state index < -0.39 is 0 Å². The minimum atomic E-state index is 0.512. The van der Waals surface area contributed by atoms with Crippen LogP contribution in [0.25, 0.3) is 0 Å². The summed E-state index contributed by atoms with van der Waals surface area (Å²) >= 11 is 1.86. The summed E-state index contributed by atoms with van der Waals surface area (Å²) in [6.07, 6.45) is 4.40. The highest BCUT2D eigenvalue weighted by molar-refractivity contribution is 7.10. The van der Waals surface area contributed by atoms with Crippen molar-refractivity contribution < 1.29 is 4.42 Å². The molecule has 2 aromatic heterocycles. The van der Waals surface area contributed by atoms with E-state index in [4.69, 9.17) is 4.42 Å². The van der Waals surface area contributed by atoms with Gasteiger partial charge in [0.25, 0.3) is 0 Å². The lowest BCUT2D eigenvalue weighted by Crippen LogP contribution is -2.33. The van der Waals surface area contributed by atoms with Crippen LogP contribution >= 0.6 is 11.3 Å². The maximum atomic E-state index is 5.36.